The summed E-state index contributed by atoms with van der Waals surface area (Å²) in [6.07, 6.45) is 1.89. The summed E-state index contributed by atoms with van der Waals surface area (Å²) in [5.41, 5.74) is 2.22. The molecule has 0 radical (unpaired) electrons. The van der Waals surface area contributed by atoms with Crippen LogP contribution in [-0.2, 0) is 16.1 Å². The molecule has 0 bridgehead atoms. The predicted molar refractivity (Wildman–Crippen MR) is 94.0 cm³/mol. The first kappa shape index (κ1) is 19.2. The Morgan fingerprint density at radius 2 is 1.78 bits per heavy atom. The van der Waals surface area contributed by atoms with Gasteiger partial charge in [0, 0.05) is 19.0 Å². The van der Waals surface area contributed by atoms with Gasteiger partial charge in [0.2, 0.25) is 11.8 Å². The minimum absolute atomic E-state index is 0.0133. The molecule has 0 heterocycles. The SMILES string of the molecule is CCC(=O)N(Cc1ccccc1C)C(CC)C(=O)NC(C)CC. The molecule has 1 aromatic rings. The molecule has 4 nitrogen and oxygen atoms in total. The van der Waals surface area contributed by atoms with Gasteiger partial charge >= 0.3 is 0 Å². The average Bonchev–Trinajstić information content (AvgIpc) is 2.55. The minimum Gasteiger partial charge on any atom is -0.352 e. The molecule has 2 unspecified atom stereocenters. The molecule has 0 aliphatic rings. The number of nitrogens with zero attached hydrogens (tertiary/aromatic N) is 1. The second-order valence-electron chi connectivity index (χ2n) is 6.04. The molecule has 2 amide bonds. The van der Waals surface area contributed by atoms with E-state index >= 15 is 0 Å². The zero-order valence-electron chi connectivity index (χ0n) is 15.1. The molecule has 23 heavy (non-hydrogen) atoms. The van der Waals surface area contributed by atoms with E-state index in [1.165, 1.54) is 0 Å². The molecule has 128 valence electrons. The van der Waals surface area contributed by atoms with Crippen LogP contribution < -0.4 is 5.32 Å². The van der Waals surface area contributed by atoms with Crippen LogP contribution in [0.5, 0.6) is 0 Å². The second kappa shape index (κ2) is 9.33. The van der Waals surface area contributed by atoms with Gasteiger partial charge in [0.25, 0.3) is 0 Å². The van der Waals surface area contributed by atoms with E-state index in [4.69, 9.17) is 0 Å². The van der Waals surface area contributed by atoms with E-state index in [0.29, 0.717) is 19.4 Å². The van der Waals surface area contributed by atoms with Crippen molar-refractivity contribution in [1.82, 2.24) is 10.2 Å². The predicted octanol–water partition coefficient (Wildman–Crippen LogP) is 3.43. The van der Waals surface area contributed by atoms with Crippen molar-refractivity contribution in [3.8, 4) is 0 Å². The number of hydrogen-bond acceptors (Lipinski definition) is 2. The van der Waals surface area contributed by atoms with E-state index in [2.05, 4.69) is 5.32 Å². The van der Waals surface area contributed by atoms with Crippen LogP contribution >= 0.6 is 0 Å². The Labute approximate surface area is 140 Å². The maximum absolute atomic E-state index is 12.6. The summed E-state index contributed by atoms with van der Waals surface area (Å²) in [6, 6.07) is 7.70. The molecule has 0 aliphatic carbocycles. The number of hydrogen-bond donors (Lipinski definition) is 1. The molecule has 0 saturated carbocycles. The van der Waals surface area contributed by atoms with Crippen LogP contribution in [0.4, 0.5) is 0 Å². The molecule has 0 fully saturated rings. The van der Waals surface area contributed by atoms with Crippen LogP contribution in [0.3, 0.4) is 0 Å². The minimum atomic E-state index is -0.420. The zero-order chi connectivity index (χ0) is 17.4. The summed E-state index contributed by atoms with van der Waals surface area (Å²) in [7, 11) is 0. The third kappa shape index (κ3) is 5.38. The third-order valence-electron chi connectivity index (χ3n) is 4.29. The summed E-state index contributed by atoms with van der Waals surface area (Å²) < 4.78 is 0. The quantitative estimate of drug-likeness (QED) is 0.798. The van der Waals surface area contributed by atoms with Crippen LogP contribution in [0.25, 0.3) is 0 Å². The number of nitrogens with one attached hydrogen (secondary N) is 1. The summed E-state index contributed by atoms with van der Waals surface area (Å²) >= 11 is 0. The van der Waals surface area contributed by atoms with Crippen molar-refractivity contribution in [3.63, 3.8) is 0 Å². The summed E-state index contributed by atoms with van der Waals surface area (Å²) in [5, 5.41) is 3.01. The molecule has 0 aliphatic heterocycles. The van der Waals surface area contributed by atoms with Gasteiger partial charge in [-0.3, -0.25) is 9.59 Å². The van der Waals surface area contributed by atoms with E-state index in [1.807, 2.05) is 58.9 Å². The topological polar surface area (TPSA) is 49.4 Å². The molecule has 4 heteroatoms. The largest absolute Gasteiger partial charge is 0.352 e. The van der Waals surface area contributed by atoms with Crippen LogP contribution in [-0.4, -0.2) is 28.8 Å². The number of carbonyl (C=O) groups excluding carboxylic acids is 2. The van der Waals surface area contributed by atoms with Crippen molar-refractivity contribution >= 4 is 11.8 Å². The molecule has 1 rings (SSSR count). The highest BCUT2D eigenvalue weighted by atomic mass is 16.2. The van der Waals surface area contributed by atoms with Gasteiger partial charge in [-0.1, -0.05) is 45.0 Å². The van der Waals surface area contributed by atoms with Gasteiger partial charge < -0.3 is 10.2 Å². The van der Waals surface area contributed by atoms with Gasteiger partial charge in [-0.15, -0.1) is 0 Å². The fourth-order valence-electron chi connectivity index (χ4n) is 2.53. The maximum atomic E-state index is 12.6. The van der Waals surface area contributed by atoms with Gasteiger partial charge in [0.1, 0.15) is 6.04 Å². The van der Waals surface area contributed by atoms with E-state index in [1.54, 1.807) is 4.90 Å². The molecular formula is C19H30N2O2. The smallest absolute Gasteiger partial charge is 0.243 e. The van der Waals surface area contributed by atoms with Gasteiger partial charge in [0.15, 0.2) is 0 Å². The van der Waals surface area contributed by atoms with Gasteiger partial charge in [-0.25, -0.2) is 0 Å². The molecular weight excluding hydrogens is 288 g/mol. The van der Waals surface area contributed by atoms with Gasteiger partial charge in [0.05, 0.1) is 0 Å². The highest BCUT2D eigenvalue weighted by molar-refractivity contribution is 5.87. The van der Waals surface area contributed by atoms with E-state index in [9.17, 15) is 9.59 Å². The summed E-state index contributed by atoms with van der Waals surface area (Å²) in [4.78, 5) is 26.7. The first-order chi connectivity index (χ1) is 10.9. The third-order valence-corrected chi connectivity index (χ3v) is 4.29. The molecule has 1 aromatic carbocycles. The highest BCUT2D eigenvalue weighted by Gasteiger charge is 2.28. The van der Waals surface area contributed by atoms with Crippen molar-refractivity contribution in [2.75, 3.05) is 0 Å². The summed E-state index contributed by atoms with van der Waals surface area (Å²) in [5.74, 6) is -0.0448. The van der Waals surface area contributed by atoms with E-state index in [-0.39, 0.29) is 17.9 Å². The lowest BCUT2D eigenvalue weighted by Gasteiger charge is -2.31. The lowest BCUT2D eigenvalue weighted by molar-refractivity contribution is -0.141. The first-order valence-electron chi connectivity index (χ1n) is 8.58. The summed E-state index contributed by atoms with van der Waals surface area (Å²) in [6.45, 7) is 10.3. The number of amides is 2. The molecule has 0 aromatic heterocycles. The molecule has 2 atom stereocenters. The van der Waals surface area contributed by atoms with Crippen molar-refractivity contribution in [2.24, 2.45) is 0 Å². The van der Waals surface area contributed by atoms with Crippen molar-refractivity contribution in [1.29, 1.82) is 0 Å². The Kier molecular flexibility index (Phi) is 7.79. The van der Waals surface area contributed by atoms with Crippen molar-refractivity contribution in [3.05, 3.63) is 35.4 Å². The van der Waals surface area contributed by atoms with Crippen molar-refractivity contribution in [2.45, 2.75) is 72.5 Å². The molecule has 0 saturated heterocycles. The number of benzene rings is 1. The van der Waals surface area contributed by atoms with Crippen LogP contribution in [0.2, 0.25) is 0 Å². The van der Waals surface area contributed by atoms with Crippen LogP contribution in [0.1, 0.15) is 58.1 Å². The van der Waals surface area contributed by atoms with Gasteiger partial charge in [-0.05, 0) is 37.8 Å². The van der Waals surface area contributed by atoms with Crippen LogP contribution in [0.15, 0.2) is 24.3 Å². The molecule has 0 spiro atoms. The Bertz CT molecular complexity index is 528. The normalized spacial score (nSPS) is 13.3. The number of carbonyl (C=O) groups is 2. The Morgan fingerprint density at radius 1 is 1.13 bits per heavy atom. The molecule has 1 N–H and O–H groups in total. The zero-order valence-corrected chi connectivity index (χ0v) is 15.1. The average molecular weight is 318 g/mol. The Morgan fingerprint density at radius 3 is 2.30 bits per heavy atom. The Balaban J connectivity index is 3.01. The van der Waals surface area contributed by atoms with Crippen molar-refractivity contribution < 1.29 is 9.59 Å². The Hall–Kier alpha value is -1.84. The lowest BCUT2D eigenvalue weighted by Crippen LogP contribution is -2.50. The first-order valence-corrected chi connectivity index (χ1v) is 8.58. The number of rotatable bonds is 8. The monoisotopic (exact) mass is 318 g/mol. The van der Waals surface area contributed by atoms with Crippen LogP contribution in [0, 0.1) is 6.92 Å². The fourth-order valence-corrected chi connectivity index (χ4v) is 2.53. The maximum Gasteiger partial charge on any atom is 0.243 e. The number of aryl methyl sites for hydroxylation is 1. The van der Waals surface area contributed by atoms with E-state index in [0.717, 1.165) is 17.5 Å². The second-order valence-corrected chi connectivity index (χ2v) is 6.04. The van der Waals surface area contributed by atoms with Gasteiger partial charge in [-0.2, -0.15) is 0 Å². The standard InChI is InChI=1S/C19H30N2O2/c1-6-15(5)20-19(23)17(7-2)21(18(22)8-3)13-16-12-10-9-11-14(16)4/h9-12,15,17H,6-8,13H2,1-5H3,(H,20,23). The highest BCUT2D eigenvalue weighted by Crippen LogP contribution is 2.16. The van der Waals surface area contributed by atoms with E-state index < -0.39 is 6.04 Å². The lowest BCUT2D eigenvalue weighted by atomic mass is 10.1. The fraction of sp³-hybridized carbons (Fsp3) is 0.579.